The maximum absolute atomic E-state index is 13.5. The molecule has 1 aromatic carbocycles. The molecule has 0 unspecified atom stereocenters. The first kappa shape index (κ1) is 14.7. The highest BCUT2D eigenvalue weighted by molar-refractivity contribution is 5.90. The second-order valence-electron chi connectivity index (χ2n) is 4.22. The maximum atomic E-state index is 13.5. The molecular formula is C14H12F2N2O3. The number of rotatable bonds is 4. The third-order valence-electron chi connectivity index (χ3n) is 2.77. The van der Waals surface area contributed by atoms with E-state index in [-0.39, 0.29) is 24.4 Å². The Morgan fingerprint density at radius 1 is 1.24 bits per heavy atom. The highest BCUT2D eigenvalue weighted by atomic mass is 19.1. The van der Waals surface area contributed by atoms with Gasteiger partial charge >= 0.3 is 5.97 Å². The van der Waals surface area contributed by atoms with Gasteiger partial charge in [-0.25, -0.2) is 13.6 Å². The van der Waals surface area contributed by atoms with E-state index in [1.54, 1.807) is 12.1 Å². The number of nitrogens with two attached hydrogens (primary N) is 1. The minimum Gasteiger partial charge on any atom is -0.460 e. The van der Waals surface area contributed by atoms with Crippen molar-refractivity contribution in [1.82, 2.24) is 4.57 Å². The Bertz CT molecular complexity index is 728. The number of nitrogen functional groups attached to an aromatic ring is 1. The third kappa shape index (κ3) is 3.44. The molecule has 0 aliphatic carbocycles. The van der Waals surface area contributed by atoms with Crippen LogP contribution in [0.3, 0.4) is 0 Å². The summed E-state index contributed by atoms with van der Waals surface area (Å²) >= 11 is 0. The van der Waals surface area contributed by atoms with Gasteiger partial charge in [0, 0.05) is 18.3 Å². The van der Waals surface area contributed by atoms with Crippen molar-refractivity contribution in [2.75, 3.05) is 12.3 Å². The van der Waals surface area contributed by atoms with E-state index in [0.29, 0.717) is 12.1 Å². The lowest BCUT2D eigenvalue weighted by Crippen LogP contribution is -2.21. The zero-order valence-electron chi connectivity index (χ0n) is 10.9. The van der Waals surface area contributed by atoms with E-state index in [1.807, 2.05) is 0 Å². The minimum absolute atomic E-state index is 0.116. The number of halogens is 2. The number of carbonyl (C=O) groups is 1. The zero-order valence-corrected chi connectivity index (χ0v) is 10.9. The van der Waals surface area contributed by atoms with Crippen LogP contribution in [0.2, 0.25) is 0 Å². The summed E-state index contributed by atoms with van der Waals surface area (Å²) in [7, 11) is 0. The Labute approximate surface area is 118 Å². The zero-order chi connectivity index (χ0) is 15.4. The topological polar surface area (TPSA) is 74.3 Å². The number of hydrogen-bond donors (Lipinski definition) is 1. The van der Waals surface area contributed by atoms with Gasteiger partial charge in [0.05, 0.1) is 17.8 Å². The molecule has 0 bridgehead atoms. The molecule has 110 valence electrons. The summed E-state index contributed by atoms with van der Waals surface area (Å²) in [6, 6.07) is 5.99. The van der Waals surface area contributed by atoms with E-state index in [2.05, 4.69) is 0 Å². The van der Waals surface area contributed by atoms with Crippen LogP contribution >= 0.6 is 0 Å². The number of hydrogen-bond acceptors (Lipinski definition) is 4. The molecule has 0 radical (unpaired) electrons. The van der Waals surface area contributed by atoms with Gasteiger partial charge in [0.2, 0.25) is 0 Å². The average molecular weight is 294 g/mol. The lowest BCUT2D eigenvalue weighted by molar-refractivity contribution is 0.0484. The van der Waals surface area contributed by atoms with E-state index in [1.165, 1.54) is 16.8 Å². The summed E-state index contributed by atoms with van der Waals surface area (Å²) < 4.78 is 32.9. The molecule has 0 saturated carbocycles. The number of benzene rings is 1. The van der Waals surface area contributed by atoms with Crippen LogP contribution in [-0.2, 0) is 11.3 Å². The first-order chi connectivity index (χ1) is 9.99. The largest absolute Gasteiger partial charge is 0.460 e. The molecule has 2 aromatic rings. The molecule has 2 rings (SSSR count). The number of esters is 1. The van der Waals surface area contributed by atoms with Gasteiger partial charge in [-0.3, -0.25) is 4.79 Å². The van der Waals surface area contributed by atoms with Crippen LogP contribution in [0.25, 0.3) is 0 Å². The highest BCUT2D eigenvalue weighted by Crippen LogP contribution is 2.17. The molecule has 0 aliphatic heterocycles. The number of ether oxygens (including phenoxy) is 1. The summed E-state index contributed by atoms with van der Waals surface area (Å²) in [6.45, 7) is -0.0291. The smallest absolute Gasteiger partial charge is 0.341 e. The quantitative estimate of drug-likeness (QED) is 0.686. The summed E-state index contributed by atoms with van der Waals surface area (Å²) in [5.74, 6) is -2.88. The molecule has 0 amide bonds. The van der Waals surface area contributed by atoms with Crippen molar-refractivity contribution in [1.29, 1.82) is 0 Å². The summed E-state index contributed by atoms with van der Waals surface area (Å²) in [4.78, 5) is 23.0. The number of carbonyl (C=O) groups excluding carboxylic acids is 1. The summed E-state index contributed by atoms with van der Waals surface area (Å²) in [5.41, 5.74) is 4.00. The predicted molar refractivity (Wildman–Crippen MR) is 71.8 cm³/mol. The van der Waals surface area contributed by atoms with Crippen molar-refractivity contribution in [2.24, 2.45) is 0 Å². The Balaban J connectivity index is 2.01. The Kier molecular flexibility index (Phi) is 4.32. The van der Waals surface area contributed by atoms with Crippen LogP contribution in [0, 0.1) is 11.6 Å². The minimum atomic E-state index is -1.02. The molecule has 2 N–H and O–H groups in total. The Morgan fingerprint density at radius 3 is 2.71 bits per heavy atom. The van der Waals surface area contributed by atoms with E-state index < -0.39 is 23.2 Å². The fraction of sp³-hybridized carbons (Fsp3) is 0.143. The number of nitrogens with zero attached hydrogens (tertiary/aromatic N) is 1. The van der Waals surface area contributed by atoms with E-state index >= 15 is 0 Å². The van der Waals surface area contributed by atoms with Crippen molar-refractivity contribution >= 4 is 11.7 Å². The molecule has 0 saturated heterocycles. The van der Waals surface area contributed by atoms with Gasteiger partial charge in [0.1, 0.15) is 18.2 Å². The van der Waals surface area contributed by atoms with Crippen LogP contribution in [0.4, 0.5) is 14.5 Å². The van der Waals surface area contributed by atoms with E-state index in [0.717, 1.165) is 0 Å². The van der Waals surface area contributed by atoms with Crippen LogP contribution < -0.4 is 11.3 Å². The first-order valence-electron chi connectivity index (χ1n) is 6.06. The SMILES string of the molecule is Nc1cc(F)c(C(=O)OCCn2ccccc2=O)cc1F. The first-order valence-corrected chi connectivity index (χ1v) is 6.06. The molecule has 7 heteroatoms. The third-order valence-corrected chi connectivity index (χ3v) is 2.77. The van der Waals surface area contributed by atoms with Gasteiger partial charge < -0.3 is 15.0 Å². The van der Waals surface area contributed by atoms with Gasteiger partial charge in [0.25, 0.3) is 5.56 Å². The normalized spacial score (nSPS) is 10.4. The van der Waals surface area contributed by atoms with Crippen molar-refractivity contribution in [3.8, 4) is 0 Å². The lowest BCUT2D eigenvalue weighted by Gasteiger charge is -2.08. The van der Waals surface area contributed by atoms with Gasteiger partial charge in [-0.15, -0.1) is 0 Å². The fourth-order valence-electron chi connectivity index (χ4n) is 1.68. The van der Waals surface area contributed by atoms with Gasteiger partial charge in [-0.2, -0.15) is 0 Å². The summed E-state index contributed by atoms with van der Waals surface area (Å²) in [6.07, 6.45) is 1.53. The Hall–Kier alpha value is -2.70. The number of anilines is 1. The molecule has 0 spiro atoms. The fourth-order valence-corrected chi connectivity index (χ4v) is 1.68. The highest BCUT2D eigenvalue weighted by Gasteiger charge is 2.16. The van der Waals surface area contributed by atoms with Gasteiger partial charge in [-0.1, -0.05) is 6.07 Å². The van der Waals surface area contributed by atoms with Crippen LogP contribution in [-0.4, -0.2) is 17.1 Å². The van der Waals surface area contributed by atoms with E-state index in [4.69, 9.17) is 10.5 Å². The van der Waals surface area contributed by atoms with Crippen molar-refractivity contribution in [3.05, 3.63) is 64.1 Å². The predicted octanol–water partition coefficient (Wildman–Crippen LogP) is 1.57. The second-order valence-corrected chi connectivity index (χ2v) is 4.22. The number of aromatic nitrogens is 1. The molecule has 0 aliphatic rings. The second kappa shape index (κ2) is 6.17. The molecule has 0 fully saturated rings. The molecule has 5 nitrogen and oxygen atoms in total. The lowest BCUT2D eigenvalue weighted by atomic mass is 10.2. The van der Waals surface area contributed by atoms with Crippen LogP contribution in [0.5, 0.6) is 0 Å². The van der Waals surface area contributed by atoms with Crippen LogP contribution in [0.15, 0.2) is 41.3 Å². The van der Waals surface area contributed by atoms with Crippen LogP contribution in [0.1, 0.15) is 10.4 Å². The standard InChI is InChI=1S/C14H12F2N2O3/c15-10-8-12(17)11(16)7-9(10)14(20)21-6-5-18-4-2-1-3-13(18)19/h1-4,7-8H,5-6,17H2. The van der Waals surface area contributed by atoms with Crippen molar-refractivity contribution in [2.45, 2.75) is 6.54 Å². The van der Waals surface area contributed by atoms with Gasteiger partial charge in [-0.05, 0) is 12.1 Å². The van der Waals surface area contributed by atoms with Gasteiger partial charge in [0.15, 0.2) is 0 Å². The molecule has 21 heavy (non-hydrogen) atoms. The maximum Gasteiger partial charge on any atom is 0.341 e. The molecule has 1 aromatic heterocycles. The Morgan fingerprint density at radius 2 is 2.00 bits per heavy atom. The van der Waals surface area contributed by atoms with E-state index in [9.17, 15) is 18.4 Å². The average Bonchev–Trinajstić information content (AvgIpc) is 2.44. The number of pyridine rings is 1. The monoisotopic (exact) mass is 294 g/mol. The molecular weight excluding hydrogens is 282 g/mol. The summed E-state index contributed by atoms with van der Waals surface area (Å²) in [5, 5.41) is 0. The van der Waals surface area contributed by atoms with Crippen molar-refractivity contribution in [3.63, 3.8) is 0 Å². The molecule has 0 atom stereocenters. The molecule has 1 heterocycles. The van der Waals surface area contributed by atoms with Crippen molar-refractivity contribution < 1.29 is 18.3 Å².